The second-order valence-electron chi connectivity index (χ2n) is 16.7. The average Bonchev–Trinajstić information content (AvgIpc) is 3.43. The number of ether oxygens (including phenoxy) is 1. The van der Waals surface area contributed by atoms with Gasteiger partial charge in [-0.15, -0.1) is 0 Å². The predicted molar refractivity (Wildman–Crippen MR) is 196 cm³/mol. The average molecular weight is 692 g/mol. The van der Waals surface area contributed by atoms with E-state index in [1.807, 2.05) is 42.5 Å². The van der Waals surface area contributed by atoms with Crippen molar-refractivity contribution in [1.82, 2.24) is 15.3 Å². The maximum absolute atomic E-state index is 14.1. The minimum atomic E-state index is -0.873. The maximum atomic E-state index is 14.1. The van der Waals surface area contributed by atoms with Crippen LogP contribution in [0.4, 0.5) is 0 Å². The number of benzene rings is 2. The lowest BCUT2D eigenvalue weighted by Gasteiger charge is -2.62. The van der Waals surface area contributed by atoms with Crippen molar-refractivity contribution in [1.29, 1.82) is 0 Å². The van der Waals surface area contributed by atoms with E-state index in [-0.39, 0.29) is 30.9 Å². The smallest absolute Gasteiger partial charge is 0.240 e. The van der Waals surface area contributed by atoms with Crippen LogP contribution in [0.2, 0.25) is 0 Å². The summed E-state index contributed by atoms with van der Waals surface area (Å²) in [6.07, 6.45) is 2.08. The number of carbonyl (C=O) groups is 2. The Bertz CT molecular complexity index is 1460. The number of nitrogens with one attached hydrogen (secondary N) is 1. The molecule has 6 rings (SSSR count). The van der Waals surface area contributed by atoms with Crippen LogP contribution in [0.3, 0.4) is 0 Å². The van der Waals surface area contributed by atoms with E-state index in [0.717, 1.165) is 36.1 Å². The topological polar surface area (TPSA) is 112 Å². The summed E-state index contributed by atoms with van der Waals surface area (Å²) in [6, 6.07) is 12.9. The van der Waals surface area contributed by atoms with E-state index in [4.69, 9.17) is 9.57 Å². The van der Waals surface area contributed by atoms with Gasteiger partial charge in [0.2, 0.25) is 5.91 Å². The summed E-state index contributed by atoms with van der Waals surface area (Å²) in [6.45, 7) is 13.8. The summed E-state index contributed by atoms with van der Waals surface area (Å²) in [7, 11) is 5.73. The van der Waals surface area contributed by atoms with Crippen LogP contribution in [0.5, 0.6) is 5.75 Å². The molecule has 9 heteroatoms. The molecular formula is C41H61N3O6. The zero-order chi connectivity index (χ0) is 36.5. The van der Waals surface area contributed by atoms with E-state index in [1.54, 1.807) is 19.1 Å². The van der Waals surface area contributed by atoms with Crippen LogP contribution < -0.4 is 10.1 Å². The molecule has 50 heavy (non-hydrogen) atoms. The standard InChI is InChI=1S/C41H61N3O6/c1-24(2)17-27(21-43(7)8)18-35(47)29-15-13-28(14-16-29)32-12-10-11-30(39(32)49-9)22-44-38(37(26(4)46)36(23-45)50-44)40(48)42-34-20-31-19-33(25(34)3)41(31,5)6/h10-16,24-27,31,33-34,36-38,45-46H,17-23H2,1-9H3,(H,42,48)/t25-,26-,27+,31+,33-,34?,36-,37-,38-/m0/s1. The van der Waals surface area contributed by atoms with Gasteiger partial charge >= 0.3 is 0 Å². The van der Waals surface area contributed by atoms with Crippen LogP contribution in [0.1, 0.15) is 83.1 Å². The minimum Gasteiger partial charge on any atom is -0.496 e. The summed E-state index contributed by atoms with van der Waals surface area (Å²) in [5, 5.41) is 26.1. The highest BCUT2D eigenvalue weighted by atomic mass is 16.7. The van der Waals surface area contributed by atoms with Gasteiger partial charge in [-0.2, -0.15) is 5.06 Å². The summed E-state index contributed by atoms with van der Waals surface area (Å²) < 4.78 is 5.99. The molecule has 3 aliphatic carbocycles. The van der Waals surface area contributed by atoms with Crippen molar-refractivity contribution in [2.45, 2.75) is 98.1 Å². The lowest BCUT2D eigenvalue weighted by Crippen LogP contribution is -2.62. The SMILES string of the molecule is COc1c(CN2O[C@@H](CO)[C@H]([C@H](C)O)[C@H]2C(=O)NC2C[C@H]3C[C@@H]([C@@H]2C)C3(C)C)cccc1-c1ccc(C(=O)C[C@@H](CC(C)C)CN(C)C)cc1. The third-order valence-electron chi connectivity index (χ3n) is 12.1. The Morgan fingerprint density at radius 2 is 1.80 bits per heavy atom. The maximum Gasteiger partial charge on any atom is 0.240 e. The van der Waals surface area contributed by atoms with Crippen molar-refractivity contribution >= 4 is 11.7 Å². The molecule has 3 N–H and O–H groups in total. The van der Waals surface area contributed by atoms with Crippen molar-refractivity contribution in [3.63, 3.8) is 0 Å². The van der Waals surface area contributed by atoms with E-state index in [1.165, 1.54) is 6.42 Å². The van der Waals surface area contributed by atoms with Gasteiger partial charge in [-0.3, -0.25) is 14.4 Å². The number of aliphatic hydroxyl groups is 2. The minimum absolute atomic E-state index is 0.0609. The number of fused-ring (bicyclic) bond motifs is 2. The Labute approximate surface area is 299 Å². The first-order chi connectivity index (χ1) is 23.7. The molecule has 9 nitrogen and oxygen atoms in total. The normalized spacial score (nSPS) is 28.7. The molecule has 1 saturated heterocycles. The second kappa shape index (κ2) is 15.8. The van der Waals surface area contributed by atoms with Crippen molar-refractivity contribution in [3.8, 4) is 16.9 Å². The number of hydrogen-bond donors (Lipinski definition) is 3. The molecular weight excluding hydrogens is 630 g/mol. The molecule has 0 radical (unpaired) electrons. The number of methoxy groups -OCH3 is 1. The van der Waals surface area contributed by atoms with Gasteiger partial charge in [0.05, 0.1) is 26.4 Å². The first kappa shape index (κ1) is 38.4. The van der Waals surface area contributed by atoms with Gasteiger partial charge in [0.15, 0.2) is 5.78 Å². The monoisotopic (exact) mass is 691 g/mol. The molecule has 1 unspecified atom stereocenters. The molecule has 1 amide bonds. The van der Waals surface area contributed by atoms with Crippen LogP contribution in [-0.2, 0) is 16.2 Å². The fourth-order valence-corrected chi connectivity index (χ4v) is 9.45. The molecule has 9 atom stereocenters. The number of carbonyl (C=O) groups excluding carboxylic acids is 2. The van der Waals surface area contributed by atoms with Gasteiger partial charge in [-0.1, -0.05) is 77.1 Å². The number of nitrogens with zero attached hydrogens (tertiary/aromatic N) is 2. The summed E-state index contributed by atoms with van der Waals surface area (Å²) >= 11 is 0. The second-order valence-corrected chi connectivity index (χ2v) is 16.7. The third kappa shape index (κ3) is 7.97. The van der Waals surface area contributed by atoms with Crippen LogP contribution in [0.25, 0.3) is 11.1 Å². The van der Waals surface area contributed by atoms with Crippen LogP contribution in [-0.4, -0.2) is 90.5 Å². The highest BCUT2D eigenvalue weighted by Crippen LogP contribution is 2.61. The van der Waals surface area contributed by atoms with Gasteiger partial charge in [0.25, 0.3) is 0 Å². The van der Waals surface area contributed by atoms with Crippen molar-refractivity contribution in [2.75, 3.05) is 34.4 Å². The number of amides is 1. The van der Waals surface area contributed by atoms with E-state index < -0.39 is 24.2 Å². The highest BCUT2D eigenvalue weighted by Gasteiger charge is 2.57. The van der Waals surface area contributed by atoms with E-state index in [2.05, 4.69) is 58.9 Å². The first-order valence-electron chi connectivity index (χ1n) is 18.6. The zero-order valence-electron chi connectivity index (χ0n) is 31.7. The van der Waals surface area contributed by atoms with E-state index in [0.29, 0.717) is 52.7 Å². The molecule has 4 aliphatic rings. The number of aliphatic hydroxyl groups excluding tert-OH is 2. The van der Waals surface area contributed by atoms with Crippen LogP contribution in [0.15, 0.2) is 42.5 Å². The molecule has 2 aromatic rings. The van der Waals surface area contributed by atoms with Crippen molar-refractivity contribution in [3.05, 3.63) is 53.6 Å². The number of para-hydroxylation sites is 1. The van der Waals surface area contributed by atoms with Gasteiger partial charge in [0, 0.05) is 41.6 Å². The Morgan fingerprint density at radius 3 is 2.36 bits per heavy atom. The molecule has 276 valence electrons. The van der Waals surface area contributed by atoms with E-state index in [9.17, 15) is 19.8 Å². The fourth-order valence-electron chi connectivity index (χ4n) is 9.45. The third-order valence-corrected chi connectivity index (χ3v) is 12.1. The van der Waals surface area contributed by atoms with Crippen LogP contribution >= 0.6 is 0 Å². The number of ketones is 1. The number of hydroxylamine groups is 2. The van der Waals surface area contributed by atoms with Crippen molar-refractivity contribution in [2.24, 2.45) is 40.9 Å². The van der Waals surface area contributed by atoms with E-state index >= 15 is 0 Å². The molecule has 1 aliphatic heterocycles. The van der Waals surface area contributed by atoms with Gasteiger partial charge in [-0.25, -0.2) is 0 Å². The Morgan fingerprint density at radius 1 is 1.10 bits per heavy atom. The molecule has 1 heterocycles. The molecule has 3 saturated carbocycles. The summed E-state index contributed by atoms with van der Waals surface area (Å²) in [4.78, 5) is 35.8. The predicted octanol–water partition coefficient (Wildman–Crippen LogP) is 5.82. The molecule has 4 fully saturated rings. The largest absolute Gasteiger partial charge is 0.496 e. The zero-order valence-corrected chi connectivity index (χ0v) is 31.7. The molecule has 0 aromatic heterocycles. The van der Waals surface area contributed by atoms with Gasteiger partial charge < -0.3 is 25.2 Å². The molecule has 0 spiro atoms. The first-order valence-corrected chi connectivity index (χ1v) is 18.6. The molecule has 2 bridgehead atoms. The lowest BCUT2D eigenvalue weighted by molar-refractivity contribution is -0.183. The lowest BCUT2D eigenvalue weighted by atomic mass is 9.45. The highest BCUT2D eigenvalue weighted by molar-refractivity contribution is 5.96. The fraction of sp³-hybridized carbons (Fsp3) is 0.659. The number of rotatable bonds is 15. The van der Waals surface area contributed by atoms with Gasteiger partial charge in [0.1, 0.15) is 17.9 Å². The summed E-state index contributed by atoms with van der Waals surface area (Å²) in [5.74, 6) is 2.34. The summed E-state index contributed by atoms with van der Waals surface area (Å²) in [5.41, 5.74) is 3.57. The number of hydrogen-bond acceptors (Lipinski definition) is 8. The van der Waals surface area contributed by atoms with Crippen molar-refractivity contribution < 1.29 is 29.4 Å². The number of Topliss-reactive ketones (excluding diaryl/α,β-unsaturated/α-hetero) is 1. The Kier molecular flexibility index (Phi) is 12.2. The Balaban J connectivity index is 1.35. The van der Waals surface area contributed by atoms with Crippen LogP contribution in [0, 0.1) is 40.9 Å². The Hall–Kier alpha value is -2.82. The quantitative estimate of drug-likeness (QED) is 0.201. The molecule has 2 aromatic carbocycles. The van der Waals surface area contributed by atoms with Gasteiger partial charge in [-0.05, 0) is 80.8 Å².